The highest BCUT2D eigenvalue weighted by molar-refractivity contribution is 7.92. The molecule has 0 heterocycles. The van der Waals surface area contributed by atoms with Crippen molar-refractivity contribution in [1.82, 2.24) is 10.2 Å². The smallest absolute Gasteiger partial charge is 0.242 e. The fourth-order valence-electron chi connectivity index (χ4n) is 4.76. The molecule has 2 aromatic carbocycles. The molecular formula is C29H41N3O4S. The van der Waals surface area contributed by atoms with E-state index in [1.165, 1.54) is 17.0 Å². The van der Waals surface area contributed by atoms with E-state index in [2.05, 4.69) is 5.32 Å². The van der Waals surface area contributed by atoms with Crippen LogP contribution in [0, 0.1) is 13.8 Å². The minimum absolute atomic E-state index is 0.134. The zero-order chi connectivity index (χ0) is 27.0. The van der Waals surface area contributed by atoms with Crippen LogP contribution in [0.15, 0.2) is 48.5 Å². The summed E-state index contributed by atoms with van der Waals surface area (Å²) in [5.41, 5.74) is 3.70. The molecule has 1 N–H and O–H groups in total. The van der Waals surface area contributed by atoms with Crippen LogP contribution in [0.1, 0.15) is 68.6 Å². The fraction of sp³-hybridized carbons (Fsp3) is 0.517. The lowest BCUT2D eigenvalue weighted by Crippen LogP contribution is -2.50. The van der Waals surface area contributed by atoms with Crippen molar-refractivity contribution in [2.24, 2.45) is 0 Å². The van der Waals surface area contributed by atoms with E-state index < -0.39 is 16.1 Å². The molecule has 7 nitrogen and oxygen atoms in total. The highest BCUT2D eigenvalue weighted by Gasteiger charge is 2.28. The summed E-state index contributed by atoms with van der Waals surface area (Å²) in [6.07, 6.45) is 7.05. The zero-order valence-electron chi connectivity index (χ0n) is 22.6. The van der Waals surface area contributed by atoms with E-state index in [1.807, 2.05) is 50.2 Å². The lowest BCUT2D eigenvalue weighted by Gasteiger charge is -2.31. The number of hydrogen-bond acceptors (Lipinski definition) is 4. The van der Waals surface area contributed by atoms with E-state index in [9.17, 15) is 18.0 Å². The second-order valence-corrected chi connectivity index (χ2v) is 12.2. The molecular weight excluding hydrogens is 486 g/mol. The number of nitrogens with zero attached hydrogens (tertiary/aromatic N) is 2. The van der Waals surface area contributed by atoms with E-state index in [-0.39, 0.29) is 30.8 Å². The van der Waals surface area contributed by atoms with Gasteiger partial charge in [0.05, 0.1) is 11.9 Å². The van der Waals surface area contributed by atoms with Crippen LogP contribution in [0.25, 0.3) is 0 Å². The van der Waals surface area contributed by atoms with Crippen molar-refractivity contribution in [3.63, 3.8) is 0 Å². The Morgan fingerprint density at radius 3 is 2.08 bits per heavy atom. The minimum Gasteiger partial charge on any atom is -0.352 e. The molecule has 1 aliphatic carbocycles. The molecule has 0 saturated heterocycles. The van der Waals surface area contributed by atoms with Crippen molar-refractivity contribution in [3.05, 3.63) is 65.2 Å². The summed E-state index contributed by atoms with van der Waals surface area (Å²) >= 11 is 0. The van der Waals surface area contributed by atoms with Crippen LogP contribution in [-0.4, -0.2) is 50.0 Å². The number of carbonyl (C=O) groups excluding carboxylic acids is 2. The Morgan fingerprint density at radius 2 is 1.51 bits per heavy atom. The van der Waals surface area contributed by atoms with E-state index >= 15 is 0 Å². The summed E-state index contributed by atoms with van der Waals surface area (Å²) in [5.74, 6) is -0.297. The molecule has 0 aromatic heterocycles. The molecule has 2 aromatic rings. The monoisotopic (exact) mass is 527 g/mol. The van der Waals surface area contributed by atoms with Gasteiger partial charge in [0, 0.05) is 25.6 Å². The molecule has 37 heavy (non-hydrogen) atoms. The normalized spacial score (nSPS) is 15.1. The van der Waals surface area contributed by atoms with Crippen molar-refractivity contribution in [2.75, 3.05) is 17.1 Å². The maximum Gasteiger partial charge on any atom is 0.242 e. The quantitative estimate of drug-likeness (QED) is 0.458. The molecule has 202 valence electrons. The average Bonchev–Trinajstić information content (AvgIpc) is 2.86. The van der Waals surface area contributed by atoms with Gasteiger partial charge in [0.1, 0.15) is 6.04 Å². The molecule has 1 atom stereocenters. The van der Waals surface area contributed by atoms with Crippen LogP contribution in [0.3, 0.4) is 0 Å². The van der Waals surface area contributed by atoms with E-state index in [0.29, 0.717) is 18.7 Å². The maximum absolute atomic E-state index is 13.4. The Morgan fingerprint density at radius 1 is 0.946 bits per heavy atom. The fourth-order valence-corrected chi connectivity index (χ4v) is 5.72. The Bertz CT molecular complexity index is 1140. The maximum atomic E-state index is 13.4. The molecule has 1 saturated carbocycles. The average molecular weight is 528 g/mol. The standard InChI is InChI=1S/C29H41N3O4S/c1-22-12-16-25(17-13-22)21-31(24(3)29(34)30-26-9-6-5-7-10-26)28(33)11-8-20-32(37(4,35)36)27-18-14-23(2)15-19-27/h12-19,24,26H,5-11,20-21H2,1-4H3,(H,30,34)/t24-/m1/s1. The van der Waals surface area contributed by atoms with Gasteiger partial charge in [-0.25, -0.2) is 8.42 Å². The summed E-state index contributed by atoms with van der Waals surface area (Å²) in [6.45, 7) is 6.25. The van der Waals surface area contributed by atoms with Crippen molar-refractivity contribution < 1.29 is 18.0 Å². The molecule has 3 rings (SSSR count). The Hall–Kier alpha value is -2.87. The Kier molecular flexibility index (Phi) is 10.1. The first-order valence-electron chi connectivity index (χ1n) is 13.2. The summed E-state index contributed by atoms with van der Waals surface area (Å²) in [4.78, 5) is 28.2. The van der Waals surface area contributed by atoms with Gasteiger partial charge < -0.3 is 10.2 Å². The molecule has 0 bridgehead atoms. The minimum atomic E-state index is -3.50. The predicted molar refractivity (Wildman–Crippen MR) is 149 cm³/mol. The second-order valence-electron chi connectivity index (χ2n) is 10.3. The molecule has 2 amide bonds. The molecule has 0 radical (unpaired) electrons. The number of amides is 2. The predicted octanol–water partition coefficient (Wildman–Crippen LogP) is 4.72. The van der Waals surface area contributed by atoms with Crippen LogP contribution < -0.4 is 9.62 Å². The Labute approximate surface area is 222 Å². The highest BCUT2D eigenvalue weighted by atomic mass is 32.2. The largest absolute Gasteiger partial charge is 0.352 e. The van der Waals surface area contributed by atoms with Crippen molar-refractivity contribution in [1.29, 1.82) is 0 Å². The van der Waals surface area contributed by atoms with Crippen molar-refractivity contribution in [2.45, 2.75) is 84.3 Å². The van der Waals surface area contributed by atoms with Gasteiger partial charge in [-0.05, 0) is 57.7 Å². The summed E-state index contributed by atoms with van der Waals surface area (Å²) < 4.78 is 26.3. The third-order valence-corrected chi connectivity index (χ3v) is 8.26. The number of nitrogens with one attached hydrogen (secondary N) is 1. The van der Waals surface area contributed by atoms with Gasteiger partial charge in [-0.1, -0.05) is 66.8 Å². The van der Waals surface area contributed by atoms with Gasteiger partial charge in [-0.2, -0.15) is 0 Å². The second kappa shape index (κ2) is 13.1. The first kappa shape index (κ1) is 28.7. The van der Waals surface area contributed by atoms with Gasteiger partial charge in [-0.3, -0.25) is 13.9 Å². The number of anilines is 1. The van der Waals surface area contributed by atoms with Crippen molar-refractivity contribution in [3.8, 4) is 0 Å². The van der Waals surface area contributed by atoms with E-state index in [4.69, 9.17) is 0 Å². The number of hydrogen-bond donors (Lipinski definition) is 1. The number of carbonyl (C=O) groups is 2. The SMILES string of the molecule is Cc1ccc(CN(C(=O)CCCN(c2ccc(C)cc2)S(C)(=O)=O)[C@H](C)C(=O)NC2CCCCC2)cc1. The van der Waals surface area contributed by atoms with Gasteiger partial charge in [0.2, 0.25) is 21.8 Å². The van der Waals surface area contributed by atoms with E-state index in [1.54, 1.807) is 24.0 Å². The number of rotatable bonds is 11. The summed E-state index contributed by atoms with van der Waals surface area (Å²) in [5, 5.41) is 3.15. The van der Waals surface area contributed by atoms with Gasteiger partial charge in [0.25, 0.3) is 0 Å². The number of benzene rings is 2. The summed E-state index contributed by atoms with van der Waals surface area (Å²) in [6, 6.07) is 14.8. The van der Waals surface area contributed by atoms with Crippen LogP contribution in [0.4, 0.5) is 5.69 Å². The van der Waals surface area contributed by atoms with Crippen LogP contribution >= 0.6 is 0 Å². The summed E-state index contributed by atoms with van der Waals surface area (Å²) in [7, 11) is -3.50. The first-order valence-corrected chi connectivity index (χ1v) is 15.1. The number of aryl methyl sites for hydroxylation is 2. The molecule has 0 spiro atoms. The lowest BCUT2D eigenvalue weighted by molar-refractivity contribution is -0.141. The topological polar surface area (TPSA) is 86.8 Å². The van der Waals surface area contributed by atoms with Crippen LogP contribution in [0.5, 0.6) is 0 Å². The van der Waals surface area contributed by atoms with Crippen LogP contribution in [0.2, 0.25) is 0 Å². The van der Waals surface area contributed by atoms with Crippen molar-refractivity contribution >= 4 is 27.5 Å². The highest BCUT2D eigenvalue weighted by Crippen LogP contribution is 2.21. The third kappa shape index (κ3) is 8.59. The number of sulfonamides is 1. The molecule has 1 fully saturated rings. The van der Waals surface area contributed by atoms with Crippen LogP contribution in [-0.2, 0) is 26.2 Å². The molecule has 1 aliphatic rings. The molecule has 0 aliphatic heterocycles. The molecule has 0 unspecified atom stereocenters. The lowest BCUT2D eigenvalue weighted by atomic mass is 9.95. The first-order chi connectivity index (χ1) is 17.5. The van der Waals surface area contributed by atoms with Gasteiger partial charge in [0.15, 0.2) is 0 Å². The van der Waals surface area contributed by atoms with Gasteiger partial charge >= 0.3 is 0 Å². The van der Waals surface area contributed by atoms with E-state index in [0.717, 1.165) is 42.4 Å². The third-order valence-electron chi connectivity index (χ3n) is 7.07. The molecule has 8 heteroatoms. The van der Waals surface area contributed by atoms with Gasteiger partial charge in [-0.15, -0.1) is 0 Å². The zero-order valence-corrected chi connectivity index (χ0v) is 23.4. The Balaban J connectivity index is 1.70.